The lowest BCUT2D eigenvalue weighted by Gasteiger charge is -2.26. The van der Waals surface area contributed by atoms with Crippen LogP contribution < -0.4 is 0 Å². The van der Waals surface area contributed by atoms with E-state index >= 15 is 0 Å². The van der Waals surface area contributed by atoms with E-state index in [0.717, 1.165) is 25.9 Å². The molecule has 0 spiro atoms. The number of Topliss-reactive ketones (excluding diaryl/α,β-unsaturated/α-hetero) is 1. The van der Waals surface area contributed by atoms with Gasteiger partial charge in [-0.2, -0.15) is 0 Å². The lowest BCUT2D eigenvalue weighted by molar-refractivity contribution is 0.0837. The fourth-order valence-corrected chi connectivity index (χ4v) is 2.61. The molecule has 1 aromatic rings. The van der Waals surface area contributed by atoms with Crippen molar-refractivity contribution in [1.82, 2.24) is 4.90 Å². The highest BCUT2D eigenvalue weighted by Crippen LogP contribution is 2.19. The van der Waals surface area contributed by atoms with Gasteiger partial charge in [-0.05, 0) is 56.6 Å². The average Bonchev–Trinajstić information content (AvgIpc) is 2.90. The number of hydrogen-bond acceptors (Lipinski definition) is 2. The van der Waals surface area contributed by atoms with Gasteiger partial charge in [-0.3, -0.25) is 9.69 Å². The Hall–Kier alpha value is -1.22. The summed E-state index contributed by atoms with van der Waals surface area (Å²) in [6, 6.07) is 5.88. The van der Waals surface area contributed by atoms with Crippen LogP contribution in [0.25, 0.3) is 0 Å². The van der Waals surface area contributed by atoms with Crippen LogP contribution in [-0.4, -0.2) is 29.8 Å². The molecule has 2 nitrogen and oxygen atoms in total. The van der Waals surface area contributed by atoms with Gasteiger partial charge in [-0.25, -0.2) is 4.39 Å². The van der Waals surface area contributed by atoms with E-state index in [0.29, 0.717) is 5.56 Å². The topological polar surface area (TPSA) is 20.3 Å². The van der Waals surface area contributed by atoms with E-state index in [9.17, 15) is 9.18 Å². The molecule has 0 bridgehead atoms. The molecule has 1 heterocycles. The molecule has 1 fully saturated rings. The predicted molar refractivity (Wildman–Crippen MR) is 70.2 cm³/mol. The Balaban J connectivity index is 2.14. The van der Waals surface area contributed by atoms with Gasteiger partial charge in [0, 0.05) is 5.56 Å². The number of carbonyl (C=O) groups excluding carboxylic acids is 1. The summed E-state index contributed by atoms with van der Waals surface area (Å²) in [6.07, 6.45) is 4.23. The molecule has 0 saturated carbocycles. The molecule has 1 atom stereocenters. The molecule has 0 unspecified atom stereocenters. The molecule has 0 aromatic heterocycles. The maximum atomic E-state index is 12.9. The third-order valence-corrected chi connectivity index (χ3v) is 3.57. The minimum atomic E-state index is -0.292. The predicted octanol–water partition coefficient (Wildman–Crippen LogP) is 3.27. The highest BCUT2D eigenvalue weighted by Gasteiger charge is 2.27. The molecule has 0 radical (unpaired) electrons. The minimum Gasteiger partial charge on any atom is -0.293 e. The van der Waals surface area contributed by atoms with E-state index in [1.54, 1.807) is 12.1 Å². The maximum absolute atomic E-state index is 12.9. The summed E-state index contributed by atoms with van der Waals surface area (Å²) in [5.41, 5.74) is 0.627. The molecule has 1 aromatic carbocycles. The molecule has 1 saturated heterocycles. The number of ketones is 1. The van der Waals surface area contributed by atoms with Crippen molar-refractivity contribution < 1.29 is 9.18 Å². The quantitative estimate of drug-likeness (QED) is 0.746. The second kappa shape index (κ2) is 6.10. The molecule has 18 heavy (non-hydrogen) atoms. The van der Waals surface area contributed by atoms with Crippen molar-refractivity contribution in [1.29, 1.82) is 0 Å². The van der Waals surface area contributed by atoms with Gasteiger partial charge in [-0.15, -0.1) is 0 Å². The first-order valence-electron chi connectivity index (χ1n) is 6.76. The lowest BCUT2D eigenvalue weighted by Crippen LogP contribution is -2.39. The van der Waals surface area contributed by atoms with Crippen LogP contribution in [0.4, 0.5) is 4.39 Å². The normalized spacial score (nSPS) is 17.9. The third kappa shape index (κ3) is 2.96. The van der Waals surface area contributed by atoms with Crippen molar-refractivity contribution in [3.8, 4) is 0 Å². The molecule has 98 valence electrons. The molecular formula is C15H20FNO. The van der Waals surface area contributed by atoms with Crippen molar-refractivity contribution in [3.63, 3.8) is 0 Å². The minimum absolute atomic E-state index is 0.0250. The van der Waals surface area contributed by atoms with E-state index in [1.807, 2.05) is 0 Å². The van der Waals surface area contributed by atoms with Gasteiger partial charge >= 0.3 is 0 Å². The number of benzene rings is 1. The largest absolute Gasteiger partial charge is 0.293 e. The monoisotopic (exact) mass is 249 g/mol. The number of carbonyl (C=O) groups is 1. The molecular weight excluding hydrogens is 229 g/mol. The van der Waals surface area contributed by atoms with Crippen LogP contribution in [0.3, 0.4) is 0 Å². The fourth-order valence-electron chi connectivity index (χ4n) is 2.61. The molecule has 0 amide bonds. The van der Waals surface area contributed by atoms with Crippen LogP contribution >= 0.6 is 0 Å². The average molecular weight is 249 g/mol. The van der Waals surface area contributed by atoms with E-state index in [2.05, 4.69) is 11.8 Å². The molecule has 1 aliphatic rings. The Morgan fingerprint density at radius 2 is 1.89 bits per heavy atom. The van der Waals surface area contributed by atoms with E-state index in [-0.39, 0.29) is 17.6 Å². The third-order valence-electron chi connectivity index (χ3n) is 3.57. The summed E-state index contributed by atoms with van der Waals surface area (Å²) in [6.45, 7) is 4.12. The lowest BCUT2D eigenvalue weighted by atomic mass is 9.99. The van der Waals surface area contributed by atoms with Crippen molar-refractivity contribution in [2.24, 2.45) is 0 Å². The first-order valence-corrected chi connectivity index (χ1v) is 6.76. The first kappa shape index (κ1) is 13.2. The molecule has 1 aliphatic heterocycles. The van der Waals surface area contributed by atoms with Crippen molar-refractivity contribution in [2.75, 3.05) is 13.1 Å². The van der Waals surface area contributed by atoms with Gasteiger partial charge in [0.05, 0.1) is 6.04 Å². The second-order valence-corrected chi connectivity index (χ2v) is 4.92. The zero-order chi connectivity index (χ0) is 13.0. The van der Waals surface area contributed by atoms with Gasteiger partial charge < -0.3 is 0 Å². The van der Waals surface area contributed by atoms with Crippen molar-refractivity contribution in [3.05, 3.63) is 35.6 Å². The van der Waals surface area contributed by atoms with Crippen LogP contribution in [0.15, 0.2) is 24.3 Å². The first-order chi connectivity index (χ1) is 8.72. The summed E-state index contributed by atoms with van der Waals surface area (Å²) in [4.78, 5) is 14.7. The van der Waals surface area contributed by atoms with Gasteiger partial charge in [0.2, 0.25) is 0 Å². The van der Waals surface area contributed by atoms with Crippen LogP contribution in [-0.2, 0) is 0 Å². The Morgan fingerprint density at radius 1 is 1.28 bits per heavy atom. The van der Waals surface area contributed by atoms with E-state index < -0.39 is 0 Å². The van der Waals surface area contributed by atoms with Crippen molar-refractivity contribution >= 4 is 5.78 Å². The van der Waals surface area contributed by atoms with Crippen LogP contribution in [0, 0.1) is 5.82 Å². The fraction of sp³-hybridized carbons (Fsp3) is 0.533. The van der Waals surface area contributed by atoms with E-state index in [4.69, 9.17) is 0 Å². The smallest absolute Gasteiger partial charge is 0.179 e. The van der Waals surface area contributed by atoms with Crippen LogP contribution in [0.5, 0.6) is 0 Å². The summed E-state index contributed by atoms with van der Waals surface area (Å²) >= 11 is 0. The summed E-state index contributed by atoms with van der Waals surface area (Å²) in [5.74, 6) is -0.154. The van der Waals surface area contributed by atoms with Gasteiger partial charge in [-0.1, -0.05) is 13.3 Å². The Labute approximate surface area is 108 Å². The Bertz CT molecular complexity index is 395. The number of nitrogens with zero attached hydrogens (tertiary/aromatic N) is 1. The van der Waals surface area contributed by atoms with Gasteiger partial charge in [0.15, 0.2) is 5.78 Å². The summed E-state index contributed by atoms with van der Waals surface area (Å²) in [5, 5.41) is 0. The second-order valence-electron chi connectivity index (χ2n) is 4.92. The number of hydrogen-bond donors (Lipinski definition) is 0. The highest BCUT2D eigenvalue weighted by molar-refractivity contribution is 6.00. The summed E-state index contributed by atoms with van der Waals surface area (Å²) in [7, 11) is 0. The van der Waals surface area contributed by atoms with Crippen molar-refractivity contribution in [2.45, 2.75) is 38.6 Å². The SMILES string of the molecule is CCC[C@@H](C(=O)c1ccc(F)cc1)N1CCCC1. The number of likely N-dealkylation sites (tertiary alicyclic amines) is 1. The molecule has 3 heteroatoms. The molecule has 0 aliphatic carbocycles. The zero-order valence-electron chi connectivity index (χ0n) is 10.9. The zero-order valence-corrected chi connectivity index (χ0v) is 10.9. The van der Waals surface area contributed by atoms with E-state index in [1.165, 1.54) is 25.0 Å². The Kier molecular flexibility index (Phi) is 4.48. The molecule has 0 N–H and O–H groups in total. The number of rotatable bonds is 5. The number of halogens is 1. The van der Waals surface area contributed by atoms with Crippen LogP contribution in [0.1, 0.15) is 43.0 Å². The van der Waals surface area contributed by atoms with Gasteiger partial charge in [0.1, 0.15) is 5.82 Å². The van der Waals surface area contributed by atoms with Gasteiger partial charge in [0.25, 0.3) is 0 Å². The highest BCUT2D eigenvalue weighted by atomic mass is 19.1. The van der Waals surface area contributed by atoms with Crippen LogP contribution in [0.2, 0.25) is 0 Å². The molecule has 2 rings (SSSR count). The Morgan fingerprint density at radius 3 is 2.44 bits per heavy atom. The maximum Gasteiger partial charge on any atom is 0.179 e. The standard InChI is InChI=1S/C15H20FNO/c1-2-5-14(17-10-3-4-11-17)15(18)12-6-8-13(16)9-7-12/h6-9,14H,2-5,10-11H2,1H3/t14-/m0/s1. The summed E-state index contributed by atoms with van der Waals surface area (Å²) < 4.78 is 12.9.